The van der Waals surface area contributed by atoms with Crippen molar-refractivity contribution in [3.05, 3.63) is 41.5 Å². The van der Waals surface area contributed by atoms with Crippen molar-refractivity contribution in [1.82, 2.24) is 24.4 Å². The van der Waals surface area contributed by atoms with Gasteiger partial charge in [0.25, 0.3) is 0 Å². The molecule has 12 heteroatoms. The smallest absolute Gasteiger partial charge is 0.416 e. The van der Waals surface area contributed by atoms with E-state index in [4.69, 9.17) is 9.47 Å². The molecule has 1 fully saturated rings. The van der Waals surface area contributed by atoms with Gasteiger partial charge in [-0.2, -0.15) is 23.1 Å². The zero-order chi connectivity index (χ0) is 24.8. The summed E-state index contributed by atoms with van der Waals surface area (Å²) >= 11 is 0. The van der Waals surface area contributed by atoms with Crippen LogP contribution in [0.2, 0.25) is 0 Å². The molecule has 0 bridgehead atoms. The lowest BCUT2D eigenvalue weighted by molar-refractivity contribution is -0.137. The predicted octanol–water partition coefficient (Wildman–Crippen LogP) is 3.96. The fraction of sp³-hybridized carbons (Fsp3) is 0.522. The third kappa shape index (κ3) is 6.37. The Morgan fingerprint density at radius 2 is 1.97 bits per heavy atom. The minimum Gasteiger partial charge on any atom is -0.463 e. The van der Waals surface area contributed by atoms with Gasteiger partial charge in [0.1, 0.15) is 5.82 Å². The number of alkyl halides is 3. The molecule has 8 nitrogen and oxygen atoms in total. The highest BCUT2D eigenvalue weighted by molar-refractivity contribution is 5.83. The van der Waals surface area contributed by atoms with Gasteiger partial charge in [0.15, 0.2) is 17.0 Å². The molecule has 190 valence electrons. The topological polar surface area (TPSA) is 77.3 Å². The molecule has 0 amide bonds. The molecule has 0 spiro atoms. The standard InChI is InChI=1S/C23H28F4N6O2/c1-2-3-10-35-22-30-20(28-6-7-32-8-11-34-12-9-32)19-21(31-22)33(15-29-19)14-16-4-5-17(13-18(16)24)23(25,26)27/h4-5,13,15H,2-3,6-12,14H2,1H3,(H,28,30,31). The van der Waals surface area contributed by atoms with Gasteiger partial charge in [-0.3, -0.25) is 4.90 Å². The zero-order valence-corrected chi connectivity index (χ0v) is 19.4. The van der Waals surface area contributed by atoms with Gasteiger partial charge < -0.3 is 19.4 Å². The molecule has 1 N–H and O–H groups in total. The van der Waals surface area contributed by atoms with Gasteiger partial charge in [-0.1, -0.05) is 19.4 Å². The number of benzene rings is 1. The number of halogens is 4. The Labute approximate surface area is 200 Å². The summed E-state index contributed by atoms with van der Waals surface area (Å²) in [6.07, 6.45) is -1.37. The van der Waals surface area contributed by atoms with Crippen molar-refractivity contribution in [2.75, 3.05) is 51.3 Å². The van der Waals surface area contributed by atoms with Crippen molar-refractivity contribution >= 4 is 17.0 Å². The van der Waals surface area contributed by atoms with E-state index in [0.717, 1.165) is 44.6 Å². The number of hydrogen-bond donors (Lipinski definition) is 1. The lowest BCUT2D eigenvalue weighted by atomic mass is 10.1. The second-order valence-electron chi connectivity index (χ2n) is 8.29. The fourth-order valence-corrected chi connectivity index (χ4v) is 3.73. The summed E-state index contributed by atoms with van der Waals surface area (Å²) < 4.78 is 65.8. The van der Waals surface area contributed by atoms with Crippen LogP contribution in [-0.4, -0.2) is 70.4 Å². The molecule has 2 aromatic heterocycles. The van der Waals surface area contributed by atoms with Crippen molar-refractivity contribution in [3.63, 3.8) is 0 Å². The van der Waals surface area contributed by atoms with Crippen LogP contribution in [0.4, 0.5) is 23.4 Å². The van der Waals surface area contributed by atoms with Crippen LogP contribution in [-0.2, 0) is 17.5 Å². The summed E-state index contributed by atoms with van der Waals surface area (Å²) in [7, 11) is 0. The largest absolute Gasteiger partial charge is 0.463 e. The van der Waals surface area contributed by atoms with Crippen LogP contribution in [0.15, 0.2) is 24.5 Å². The van der Waals surface area contributed by atoms with Gasteiger partial charge in [-0.15, -0.1) is 0 Å². The number of rotatable bonds is 10. The van der Waals surface area contributed by atoms with E-state index in [2.05, 4.69) is 25.2 Å². The first-order chi connectivity index (χ1) is 16.8. The molecule has 1 aliphatic heterocycles. The minimum atomic E-state index is -4.61. The number of nitrogens with one attached hydrogen (secondary N) is 1. The minimum absolute atomic E-state index is 0.0426. The Morgan fingerprint density at radius 1 is 1.17 bits per heavy atom. The number of imidazole rings is 1. The molecule has 0 atom stereocenters. The van der Waals surface area contributed by atoms with E-state index in [9.17, 15) is 17.6 Å². The van der Waals surface area contributed by atoms with Gasteiger partial charge in [-0.05, 0) is 18.6 Å². The van der Waals surface area contributed by atoms with Crippen LogP contribution in [0.1, 0.15) is 30.9 Å². The van der Waals surface area contributed by atoms with Crippen LogP contribution in [0.3, 0.4) is 0 Å². The van der Waals surface area contributed by atoms with Crippen molar-refractivity contribution in [1.29, 1.82) is 0 Å². The summed E-state index contributed by atoms with van der Waals surface area (Å²) in [6.45, 7) is 6.98. The maximum absolute atomic E-state index is 14.5. The summed E-state index contributed by atoms with van der Waals surface area (Å²) in [6, 6.07) is 2.66. The summed E-state index contributed by atoms with van der Waals surface area (Å²) in [4.78, 5) is 15.6. The van der Waals surface area contributed by atoms with E-state index in [1.807, 2.05) is 6.92 Å². The summed E-state index contributed by atoms with van der Waals surface area (Å²) in [5, 5.41) is 3.29. The van der Waals surface area contributed by atoms with E-state index in [-0.39, 0.29) is 18.1 Å². The predicted molar refractivity (Wildman–Crippen MR) is 122 cm³/mol. The van der Waals surface area contributed by atoms with Gasteiger partial charge >= 0.3 is 12.2 Å². The molecule has 4 rings (SSSR count). The van der Waals surface area contributed by atoms with Gasteiger partial charge in [0.05, 0.1) is 38.3 Å². The first kappa shape index (κ1) is 25.1. The molecule has 1 aromatic carbocycles. The van der Waals surface area contributed by atoms with Crippen LogP contribution < -0.4 is 10.1 Å². The van der Waals surface area contributed by atoms with Gasteiger partial charge in [-0.25, -0.2) is 9.37 Å². The molecule has 3 heterocycles. The second kappa shape index (κ2) is 11.2. The highest BCUT2D eigenvalue weighted by Crippen LogP contribution is 2.31. The summed E-state index contributed by atoms with van der Waals surface area (Å²) in [5.41, 5.74) is -0.0667. The first-order valence-electron chi connectivity index (χ1n) is 11.6. The number of anilines is 1. The first-order valence-corrected chi connectivity index (χ1v) is 11.6. The van der Waals surface area contributed by atoms with Crippen molar-refractivity contribution < 1.29 is 27.0 Å². The van der Waals surface area contributed by atoms with Crippen LogP contribution >= 0.6 is 0 Å². The Hall–Kier alpha value is -2.99. The van der Waals surface area contributed by atoms with E-state index < -0.39 is 17.6 Å². The average Bonchev–Trinajstić information content (AvgIpc) is 3.23. The van der Waals surface area contributed by atoms with Gasteiger partial charge in [0.2, 0.25) is 0 Å². The fourth-order valence-electron chi connectivity index (χ4n) is 3.73. The molecular weight excluding hydrogens is 468 g/mol. The van der Waals surface area contributed by atoms with Crippen LogP contribution in [0.25, 0.3) is 11.2 Å². The van der Waals surface area contributed by atoms with E-state index in [0.29, 0.717) is 49.4 Å². The number of unbranched alkanes of at least 4 members (excludes halogenated alkanes) is 1. The Morgan fingerprint density at radius 3 is 2.69 bits per heavy atom. The van der Waals surface area contributed by atoms with E-state index >= 15 is 0 Å². The molecule has 35 heavy (non-hydrogen) atoms. The Balaban J connectivity index is 1.57. The molecule has 0 aliphatic carbocycles. The molecular formula is C23H28F4N6O2. The maximum Gasteiger partial charge on any atom is 0.416 e. The Bertz CT molecular complexity index is 1130. The van der Waals surface area contributed by atoms with E-state index in [1.54, 1.807) is 4.57 Å². The third-order valence-electron chi connectivity index (χ3n) is 5.72. The van der Waals surface area contributed by atoms with Crippen LogP contribution in [0, 0.1) is 5.82 Å². The third-order valence-corrected chi connectivity index (χ3v) is 5.72. The lowest BCUT2D eigenvalue weighted by Gasteiger charge is -2.26. The molecule has 1 aliphatic rings. The molecule has 1 saturated heterocycles. The number of morpholine rings is 1. The van der Waals surface area contributed by atoms with E-state index in [1.165, 1.54) is 6.33 Å². The SMILES string of the molecule is CCCCOc1nc(NCCN2CCOCC2)c2ncn(Cc3ccc(C(F)(F)F)cc3F)c2n1. The molecule has 0 radical (unpaired) electrons. The van der Waals surface area contributed by atoms with Gasteiger partial charge in [0, 0.05) is 31.7 Å². The highest BCUT2D eigenvalue weighted by atomic mass is 19.4. The lowest BCUT2D eigenvalue weighted by Crippen LogP contribution is -2.39. The number of nitrogens with zero attached hydrogens (tertiary/aromatic N) is 5. The summed E-state index contributed by atoms with van der Waals surface area (Å²) in [5.74, 6) is -0.458. The Kier molecular flexibility index (Phi) is 8.01. The quantitative estimate of drug-likeness (QED) is 0.336. The number of fused-ring (bicyclic) bond motifs is 1. The number of aromatic nitrogens is 4. The van der Waals surface area contributed by atoms with Crippen LogP contribution in [0.5, 0.6) is 6.01 Å². The monoisotopic (exact) mass is 496 g/mol. The molecule has 3 aromatic rings. The van der Waals surface area contributed by atoms with Crippen molar-refractivity contribution in [2.45, 2.75) is 32.5 Å². The van der Waals surface area contributed by atoms with Crippen molar-refractivity contribution in [3.8, 4) is 6.01 Å². The zero-order valence-electron chi connectivity index (χ0n) is 19.4. The number of ether oxygens (including phenoxy) is 2. The van der Waals surface area contributed by atoms with Crippen molar-refractivity contribution in [2.24, 2.45) is 0 Å². The molecule has 0 unspecified atom stereocenters. The maximum atomic E-state index is 14.5. The average molecular weight is 497 g/mol. The number of hydrogen-bond acceptors (Lipinski definition) is 7. The molecule has 0 saturated carbocycles. The second-order valence-corrected chi connectivity index (χ2v) is 8.29. The highest BCUT2D eigenvalue weighted by Gasteiger charge is 2.31. The normalized spacial score (nSPS) is 15.0.